The van der Waals surface area contributed by atoms with Crippen molar-refractivity contribution in [2.45, 2.75) is 13.3 Å². The van der Waals surface area contributed by atoms with Crippen molar-refractivity contribution < 1.29 is 14.6 Å². The molecule has 0 unspecified atom stereocenters. The van der Waals surface area contributed by atoms with E-state index in [1.807, 2.05) is 31.2 Å². The highest BCUT2D eigenvalue weighted by Crippen LogP contribution is 2.23. The van der Waals surface area contributed by atoms with Crippen molar-refractivity contribution in [1.29, 1.82) is 0 Å². The fourth-order valence-electron chi connectivity index (χ4n) is 2.04. The normalized spacial score (nSPS) is 10.2. The molecule has 1 N–H and O–H groups in total. The summed E-state index contributed by atoms with van der Waals surface area (Å²) in [5, 5.41) is 9.87. The Balaban J connectivity index is 2.38. The molecular formula is C16H16O3. The van der Waals surface area contributed by atoms with Gasteiger partial charge in [0.25, 0.3) is 0 Å². The van der Waals surface area contributed by atoms with Gasteiger partial charge in [0.2, 0.25) is 0 Å². The van der Waals surface area contributed by atoms with E-state index in [1.165, 1.54) is 7.11 Å². The zero-order valence-corrected chi connectivity index (χ0v) is 11.0. The number of esters is 1. The minimum absolute atomic E-state index is 0.241. The minimum Gasteiger partial charge on any atom is -0.508 e. The third-order valence-corrected chi connectivity index (χ3v) is 3.04. The first-order valence-corrected chi connectivity index (χ1v) is 6.06. The van der Waals surface area contributed by atoms with Crippen molar-refractivity contribution in [1.82, 2.24) is 0 Å². The van der Waals surface area contributed by atoms with Crippen molar-refractivity contribution in [2.75, 3.05) is 7.11 Å². The number of rotatable bonds is 3. The molecule has 2 aromatic carbocycles. The van der Waals surface area contributed by atoms with Crippen LogP contribution in [0.15, 0.2) is 42.5 Å². The van der Waals surface area contributed by atoms with E-state index in [0.717, 1.165) is 16.7 Å². The summed E-state index contributed by atoms with van der Waals surface area (Å²) in [7, 11) is 1.36. The van der Waals surface area contributed by atoms with Gasteiger partial charge in [0.15, 0.2) is 0 Å². The van der Waals surface area contributed by atoms with Gasteiger partial charge in [-0.2, -0.15) is 0 Å². The van der Waals surface area contributed by atoms with E-state index >= 15 is 0 Å². The van der Waals surface area contributed by atoms with Crippen LogP contribution in [0.25, 0.3) is 0 Å². The number of carbonyl (C=O) groups is 1. The molecule has 98 valence electrons. The maximum atomic E-state index is 11.7. The second-order valence-corrected chi connectivity index (χ2v) is 4.46. The highest BCUT2D eigenvalue weighted by Gasteiger charge is 2.12. The van der Waals surface area contributed by atoms with E-state index in [-0.39, 0.29) is 11.7 Å². The molecule has 0 saturated carbocycles. The number of benzene rings is 2. The number of ether oxygens (including phenoxy) is 1. The van der Waals surface area contributed by atoms with Gasteiger partial charge in [-0.3, -0.25) is 0 Å². The SMILES string of the molecule is COC(=O)c1ccccc1Cc1cc(C)ccc1O. The average Bonchev–Trinajstić information content (AvgIpc) is 2.42. The van der Waals surface area contributed by atoms with Crippen molar-refractivity contribution in [3.05, 3.63) is 64.7 Å². The summed E-state index contributed by atoms with van der Waals surface area (Å²) in [4.78, 5) is 11.7. The standard InChI is InChI=1S/C16H16O3/c1-11-7-8-15(17)13(9-11)10-12-5-3-4-6-14(12)16(18)19-2/h3-9,17H,10H2,1-2H3. The Bertz CT molecular complexity index is 603. The van der Waals surface area contributed by atoms with Crippen LogP contribution in [0.2, 0.25) is 0 Å². The number of hydrogen-bond donors (Lipinski definition) is 1. The Labute approximate surface area is 112 Å². The number of aryl methyl sites for hydroxylation is 1. The number of methoxy groups -OCH3 is 1. The first kappa shape index (κ1) is 13.1. The number of phenols is 1. The molecule has 0 aliphatic rings. The first-order chi connectivity index (χ1) is 9.11. The summed E-state index contributed by atoms with van der Waals surface area (Å²) in [6, 6.07) is 12.7. The Hall–Kier alpha value is -2.29. The van der Waals surface area contributed by atoms with Crippen LogP contribution in [-0.4, -0.2) is 18.2 Å². The van der Waals surface area contributed by atoms with Crippen molar-refractivity contribution >= 4 is 5.97 Å². The molecule has 0 heterocycles. The van der Waals surface area contributed by atoms with Gasteiger partial charge in [0.05, 0.1) is 12.7 Å². The van der Waals surface area contributed by atoms with Crippen LogP contribution >= 0.6 is 0 Å². The van der Waals surface area contributed by atoms with Crippen LogP contribution in [0, 0.1) is 6.92 Å². The largest absolute Gasteiger partial charge is 0.508 e. The maximum Gasteiger partial charge on any atom is 0.338 e. The maximum absolute atomic E-state index is 11.7. The summed E-state index contributed by atoms with van der Waals surface area (Å²) < 4.78 is 4.77. The molecule has 0 atom stereocenters. The molecule has 2 aromatic rings. The predicted molar refractivity (Wildman–Crippen MR) is 73.4 cm³/mol. The van der Waals surface area contributed by atoms with Gasteiger partial charge in [-0.15, -0.1) is 0 Å². The molecule has 0 amide bonds. The molecule has 0 fully saturated rings. The van der Waals surface area contributed by atoms with Gasteiger partial charge in [0.1, 0.15) is 5.75 Å². The molecule has 0 aromatic heterocycles. The Morgan fingerprint density at radius 3 is 2.63 bits per heavy atom. The molecular weight excluding hydrogens is 240 g/mol. The number of aromatic hydroxyl groups is 1. The smallest absolute Gasteiger partial charge is 0.338 e. The van der Waals surface area contributed by atoms with Gasteiger partial charge < -0.3 is 9.84 Å². The van der Waals surface area contributed by atoms with E-state index in [1.54, 1.807) is 18.2 Å². The lowest BCUT2D eigenvalue weighted by Gasteiger charge is -2.09. The van der Waals surface area contributed by atoms with Crippen molar-refractivity contribution in [3.8, 4) is 5.75 Å². The molecule has 0 spiro atoms. The van der Waals surface area contributed by atoms with Crippen LogP contribution < -0.4 is 0 Å². The molecule has 3 nitrogen and oxygen atoms in total. The van der Waals surface area contributed by atoms with E-state index in [0.29, 0.717) is 12.0 Å². The summed E-state index contributed by atoms with van der Waals surface area (Å²) in [6.07, 6.45) is 0.499. The third kappa shape index (κ3) is 2.94. The van der Waals surface area contributed by atoms with Gasteiger partial charge in [-0.25, -0.2) is 4.79 Å². The zero-order valence-electron chi connectivity index (χ0n) is 11.0. The van der Waals surface area contributed by atoms with E-state index in [2.05, 4.69) is 0 Å². The highest BCUT2D eigenvalue weighted by atomic mass is 16.5. The molecule has 2 rings (SSSR count). The molecule has 0 bridgehead atoms. The van der Waals surface area contributed by atoms with Crippen LogP contribution in [0.5, 0.6) is 5.75 Å². The second kappa shape index (κ2) is 5.57. The Morgan fingerprint density at radius 2 is 1.89 bits per heavy atom. The molecule has 0 saturated heterocycles. The van der Waals surface area contributed by atoms with E-state index in [9.17, 15) is 9.90 Å². The Morgan fingerprint density at radius 1 is 1.16 bits per heavy atom. The number of carbonyl (C=O) groups excluding carboxylic acids is 1. The molecule has 19 heavy (non-hydrogen) atoms. The number of phenolic OH excluding ortho intramolecular Hbond substituents is 1. The van der Waals surface area contributed by atoms with Crippen LogP contribution in [0.3, 0.4) is 0 Å². The summed E-state index contributed by atoms with van der Waals surface area (Å²) >= 11 is 0. The lowest BCUT2D eigenvalue weighted by Crippen LogP contribution is -2.06. The van der Waals surface area contributed by atoms with Gasteiger partial charge in [-0.1, -0.05) is 35.9 Å². The average molecular weight is 256 g/mol. The van der Waals surface area contributed by atoms with Crippen molar-refractivity contribution in [3.63, 3.8) is 0 Å². The summed E-state index contributed by atoms with van der Waals surface area (Å²) in [5.41, 5.74) is 3.25. The minimum atomic E-state index is -0.359. The van der Waals surface area contributed by atoms with E-state index in [4.69, 9.17) is 4.74 Å². The van der Waals surface area contributed by atoms with Gasteiger partial charge >= 0.3 is 5.97 Å². The zero-order chi connectivity index (χ0) is 13.8. The summed E-state index contributed by atoms with van der Waals surface area (Å²) in [6.45, 7) is 1.97. The van der Waals surface area contributed by atoms with E-state index < -0.39 is 0 Å². The molecule has 0 aliphatic carbocycles. The topological polar surface area (TPSA) is 46.5 Å². The van der Waals surface area contributed by atoms with Crippen molar-refractivity contribution in [2.24, 2.45) is 0 Å². The van der Waals surface area contributed by atoms with Gasteiger partial charge in [0, 0.05) is 6.42 Å². The summed E-state index contributed by atoms with van der Waals surface area (Å²) in [5.74, 6) is -0.118. The molecule has 0 aliphatic heterocycles. The fraction of sp³-hybridized carbons (Fsp3) is 0.188. The first-order valence-electron chi connectivity index (χ1n) is 6.06. The number of hydrogen-bond acceptors (Lipinski definition) is 3. The predicted octanol–water partition coefficient (Wildman–Crippen LogP) is 3.08. The monoisotopic (exact) mass is 256 g/mol. The molecule has 0 radical (unpaired) electrons. The lowest BCUT2D eigenvalue weighted by atomic mass is 9.98. The van der Waals surface area contributed by atoms with Crippen LogP contribution in [0.1, 0.15) is 27.0 Å². The Kier molecular flexibility index (Phi) is 3.85. The van der Waals surface area contributed by atoms with Gasteiger partial charge in [-0.05, 0) is 30.2 Å². The second-order valence-electron chi connectivity index (χ2n) is 4.46. The highest BCUT2D eigenvalue weighted by molar-refractivity contribution is 5.91. The molecule has 3 heteroatoms. The third-order valence-electron chi connectivity index (χ3n) is 3.04. The quantitative estimate of drug-likeness (QED) is 0.858. The fourth-order valence-corrected chi connectivity index (χ4v) is 2.04. The lowest BCUT2D eigenvalue weighted by molar-refractivity contribution is 0.0599. The van der Waals surface area contributed by atoms with Crippen LogP contribution in [0.4, 0.5) is 0 Å². The van der Waals surface area contributed by atoms with Crippen LogP contribution in [-0.2, 0) is 11.2 Å².